The Kier molecular flexibility index (Phi) is 3.84. The Morgan fingerprint density at radius 3 is 2.38 bits per heavy atom. The molecule has 1 atom stereocenters. The molecule has 0 saturated heterocycles. The van der Waals surface area contributed by atoms with Crippen molar-refractivity contribution in [1.29, 1.82) is 0 Å². The summed E-state index contributed by atoms with van der Waals surface area (Å²) >= 11 is 0. The van der Waals surface area contributed by atoms with E-state index in [1.807, 2.05) is 36.0 Å². The Bertz CT molecular complexity index is 697. The summed E-state index contributed by atoms with van der Waals surface area (Å²) in [5, 5.41) is 4.44. The van der Waals surface area contributed by atoms with Crippen LogP contribution in [-0.2, 0) is 6.54 Å². The third kappa shape index (κ3) is 3.20. The summed E-state index contributed by atoms with van der Waals surface area (Å²) in [4.78, 5) is 0. The van der Waals surface area contributed by atoms with Gasteiger partial charge in [0.2, 0.25) is 0 Å². The molecule has 0 fully saturated rings. The van der Waals surface area contributed by atoms with Crippen LogP contribution < -0.4 is 5.73 Å². The zero-order valence-corrected chi connectivity index (χ0v) is 12.1. The first-order chi connectivity index (χ1) is 10.2. The number of nitrogens with zero attached hydrogens (tertiary/aromatic N) is 2. The molecule has 1 heterocycles. The monoisotopic (exact) mass is 277 g/mol. The van der Waals surface area contributed by atoms with E-state index in [0.29, 0.717) is 0 Å². The average Bonchev–Trinajstić information content (AvgIpc) is 2.97. The second-order valence-electron chi connectivity index (χ2n) is 5.32. The van der Waals surface area contributed by atoms with Gasteiger partial charge in [0, 0.05) is 17.8 Å². The fourth-order valence-corrected chi connectivity index (χ4v) is 2.35. The van der Waals surface area contributed by atoms with Crippen molar-refractivity contribution in [3.8, 4) is 11.1 Å². The maximum Gasteiger partial charge on any atom is 0.0659 e. The number of aromatic nitrogens is 2. The van der Waals surface area contributed by atoms with Crippen LogP contribution >= 0.6 is 0 Å². The van der Waals surface area contributed by atoms with Gasteiger partial charge in [-0.25, -0.2) is 0 Å². The minimum atomic E-state index is 0.0693. The lowest BCUT2D eigenvalue weighted by Gasteiger charge is -2.05. The summed E-state index contributed by atoms with van der Waals surface area (Å²) in [6.07, 6.45) is 3.98. The average molecular weight is 277 g/mol. The van der Waals surface area contributed by atoms with Crippen molar-refractivity contribution < 1.29 is 0 Å². The van der Waals surface area contributed by atoms with Gasteiger partial charge in [-0.05, 0) is 23.6 Å². The number of nitrogens with two attached hydrogens (primary N) is 1. The third-order valence-electron chi connectivity index (χ3n) is 3.59. The van der Waals surface area contributed by atoms with Gasteiger partial charge >= 0.3 is 0 Å². The van der Waals surface area contributed by atoms with Gasteiger partial charge in [-0.3, -0.25) is 4.68 Å². The predicted molar refractivity (Wildman–Crippen MR) is 85.8 cm³/mol. The Morgan fingerprint density at radius 1 is 1.00 bits per heavy atom. The van der Waals surface area contributed by atoms with Crippen molar-refractivity contribution in [2.45, 2.75) is 19.5 Å². The molecule has 3 heteroatoms. The Labute approximate surface area is 125 Å². The third-order valence-corrected chi connectivity index (χ3v) is 3.59. The maximum absolute atomic E-state index is 5.88. The standard InChI is InChI=1S/C18H19N3/c1-14(19)16-7-9-17(10-8-16)18-11-20-21(13-18)12-15-5-3-2-4-6-15/h2-11,13-14H,12,19H2,1H3. The van der Waals surface area contributed by atoms with Crippen LogP contribution in [0.25, 0.3) is 11.1 Å². The minimum absolute atomic E-state index is 0.0693. The first kappa shape index (κ1) is 13.6. The van der Waals surface area contributed by atoms with Gasteiger partial charge in [0.25, 0.3) is 0 Å². The molecule has 3 nitrogen and oxygen atoms in total. The lowest BCUT2D eigenvalue weighted by Crippen LogP contribution is -2.04. The summed E-state index contributed by atoms with van der Waals surface area (Å²) < 4.78 is 1.96. The second kappa shape index (κ2) is 5.94. The van der Waals surface area contributed by atoms with Gasteiger partial charge in [0.15, 0.2) is 0 Å². The van der Waals surface area contributed by atoms with Crippen molar-refractivity contribution in [3.63, 3.8) is 0 Å². The number of hydrogen-bond donors (Lipinski definition) is 1. The van der Waals surface area contributed by atoms with Gasteiger partial charge < -0.3 is 5.73 Å². The van der Waals surface area contributed by atoms with E-state index in [2.05, 4.69) is 47.7 Å². The molecule has 0 aliphatic rings. The van der Waals surface area contributed by atoms with Crippen LogP contribution in [0.3, 0.4) is 0 Å². The fraction of sp³-hybridized carbons (Fsp3) is 0.167. The van der Waals surface area contributed by atoms with Crippen LogP contribution in [0.4, 0.5) is 0 Å². The van der Waals surface area contributed by atoms with E-state index in [1.54, 1.807) is 0 Å². The largest absolute Gasteiger partial charge is 0.324 e. The van der Waals surface area contributed by atoms with Gasteiger partial charge in [-0.2, -0.15) is 5.10 Å². The minimum Gasteiger partial charge on any atom is -0.324 e. The highest BCUT2D eigenvalue weighted by Gasteiger charge is 2.04. The van der Waals surface area contributed by atoms with Gasteiger partial charge in [-0.1, -0.05) is 54.6 Å². The van der Waals surface area contributed by atoms with E-state index >= 15 is 0 Å². The Morgan fingerprint density at radius 2 is 1.71 bits per heavy atom. The first-order valence-corrected chi connectivity index (χ1v) is 7.14. The molecule has 0 aliphatic heterocycles. The highest BCUT2D eigenvalue weighted by molar-refractivity contribution is 5.62. The zero-order chi connectivity index (χ0) is 14.7. The molecule has 0 amide bonds. The topological polar surface area (TPSA) is 43.8 Å². The molecule has 1 unspecified atom stereocenters. The van der Waals surface area contributed by atoms with E-state index in [9.17, 15) is 0 Å². The molecule has 2 N–H and O–H groups in total. The van der Waals surface area contributed by atoms with Gasteiger partial charge in [0.1, 0.15) is 0 Å². The summed E-state index contributed by atoms with van der Waals surface area (Å²) in [7, 11) is 0. The van der Waals surface area contributed by atoms with Crippen LogP contribution in [0.5, 0.6) is 0 Å². The quantitative estimate of drug-likeness (QED) is 0.791. The smallest absolute Gasteiger partial charge is 0.0659 e. The van der Waals surface area contributed by atoms with Crippen molar-refractivity contribution in [1.82, 2.24) is 9.78 Å². The molecule has 0 aliphatic carbocycles. The molecule has 21 heavy (non-hydrogen) atoms. The summed E-state index contributed by atoms with van der Waals surface area (Å²) in [6, 6.07) is 18.8. The maximum atomic E-state index is 5.88. The fourth-order valence-electron chi connectivity index (χ4n) is 2.35. The van der Waals surface area contributed by atoms with Crippen LogP contribution in [0.15, 0.2) is 67.0 Å². The van der Waals surface area contributed by atoms with Crippen LogP contribution in [0.2, 0.25) is 0 Å². The highest BCUT2D eigenvalue weighted by atomic mass is 15.3. The van der Waals surface area contributed by atoms with Crippen molar-refractivity contribution in [2.24, 2.45) is 5.73 Å². The second-order valence-corrected chi connectivity index (χ2v) is 5.32. The number of hydrogen-bond acceptors (Lipinski definition) is 2. The molecular weight excluding hydrogens is 258 g/mol. The van der Waals surface area contributed by atoms with Gasteiger partial charge in [0.05, 0.1) is 12.7 Å². The summed E-state index contributed by atoms with van der Waals surface area (Å²) in [5.74, 6) is 0. The van der Waals surface area contributed by atoms with Crippen LogP contribution in [0.1, 0.15) is 24.1 Å². The number of benzene rings is 2. The molecule has 106 valence electrons. The van der Waals surface area contributed by atoms with Gasteiger partial charge in [-0.15, -0.1) is 0 Å². The zero-order valence-electron chi connectivity index (χ0n) is 12.1. The molecule has 0 spiro atoms. The van der Waals surface area contributed by atoms with Crippen molar-refractivity contribution in [3.05, 3.63) is 78.1 Å². The predicted octanol–water partition coefficient (Wildman–Crippen LogP) is 3.62. The van der Waals surface area contributed by atoms with E-state index in [1.165, 1.54) is 11.1 Å². The van der Waals surface area contributed by atoms with Crippen LogP contribution in [0, 0.1) is 0 Å². The van der Waals surface area contributed by atoms with Crippen LogP contribution in [-0.4, -0.2) is 9.78 Å². The molecular formula is C18H19N3. The molecule has 1 aromatic heterocycles. The molecule has 3 rings (SSSR count). The van der Waals surface area contributed by atoms with Crippen molar-refractivity contribution in [2.75, 3.05) is 0 Å². The molecule has 0 saturated carbocycles. The van der Waals surface area contributed by atoms with E-state index in [-0.39, 0.29) is 6.04 Å². The Balaban J connectivity index is 1.78. The van der Waals surface area contributed by atoms with E-state index in [4.69, 9.17) is 5.73 Å². The van der Waals surface area contributed by atoms with E-state index < -0.39 is 0 Å². The molecule has 0 bridgehead atoms. The molecule has 0 radical (unpaired) electrons. The summed E-state index contributed by atoms with van der Waals surface area (Å²) in [6.45, 7) is 2.78. The van der Waals surface area contributed by atoms with Crippen molar-refractivity contribution >= 4 is 0 Å². The lowest BCUT2D eigenvalue weighted by atomic mass is 10.0. The molecule has 3 aromatic rings. The Hall–Kier alpha value is -2.39. The highest BCUT2D eigenvalue weighted by Crippen LogP contribution is 2.21. The first-order valence-electron chi connectivity index (χ1n) is 7.14. The SMILES string of the molecule is CC(N)c1ccc(-c2cnn(Cc3ccccc3)c2)cc1. The molecule has 2 aromatic carbocycles. The lowest BCUT2D eigenvalue weighted by molar-refractivity contribution is 0.687. The normalized spacial score (nSPS) is 12.3. The summed E-state index contributed by atoms with van der Waals surface area (Å²) in [5.41, 5.74) is 10.6. The number of rotatable bonds is 4. The van der Waals surface area contributed by atoms with E-state index in [0.717, 1.165) is 17.7 Å².